The molecule has 0 aliphatic carbocycles. The molecule has 0 radical (unpaired) electrons. The van der Waals surface area contributed by atoms with Gasteiger partial charge in [0.1, 0.15) is 0 Å². The smallest absolute Gasteiger partial charge is 0.237 e. The number of ether oxygens (including phenoxy) is 1. The van der Waals surface area contributed by atoms with Crippen molar-refractivity contribution >= 4 is 17.5 Å². The first-order valence-electron chi connectivity index (χ1n) is 8.12. The van der Waals surface area contributed by atoms with E-state index in [0.29, 0.717) is 37.7 Å². The van der Waals surface area contributed by atoms with Crippen LogP contribution < -0.4 is 10.6 Å². The van der Waals surface area contributed by atoms with E-state index in [2.05, 4.69) is 10.6 Å². The number of nitrogens with one attached hydrogen (secondary N) is 2. The number of aliphatic hydroxyl groups excluding tert-OH is 1. The lowest BCUT2D eigenvalue weighted by atomic mass is 9.74. The molecule has 1 aromatic carbocycles. The van der Waals surface area contributed by atoms with Crippen molar-refractivity contribution in [1.29, 1.82) is 0 Å². The zero-order valence-electron chi connectivity index (χ0n) is 13.1. The standard InChI is InChI=1S/C17H23ClN2O3/c18-13-3-1-12(2-4-13)17(5-7-23-8-6-17)11-20-16(22)15-9-14(21)10-19-15/h1-4,14-15,19,21H,5-11H2,(H,20,22). The number of halogens is 1. The Hall–Kier alpha value is -1.14. The van der Waals surface area contributed by atoms with Gasteiger partial charge in [0, 0.05) is 36.7 Å². The normalized spacial score (nSPS) is 26.9. The number of hydrogen-bond acceptors (Lipinski definition) is 4. The molecule has 5 nitrogen and oxygen atoms in total. The number of aliphatic hydroxyl groups is 1. The van der Waals surface area contributed by atoms with Gasteiger partial charge in [-0.2, -0.15) is 0 Å². The van der Waals surface area contributed by atoms with Gasteiger partial charge in [0.25, 0.3) is 0 Å². The van der Waals surface area contributed by atoms with E-state index in [4.69, 9.17) is 16.3 Å². The highest BCUT2D eigenvalue weighted by Crippen LogP contribution is 2.35. The van der Waals surface area contributed by atoms with Crippen LogP contribution >= 0.6 is 11.6 Å². The quantitative estimate of drug-likeness (QED) is 0.772. The molecule has 0 bridgehead atoms. The summed E-state index contributed by atoms with van der Waals surface area (Å²) in [5.41, 5.74) is 1.07. The summed E-state index contributed by atoms with van der Waals surface area (Å²) in [6.07, 6.45) is 1.78. The fourth-order valence-electron chi connectivity index (χ4n) is 3.43. The summed E-state index contributed by atoms with van der Waals surface area (Å²) in [6, 6.07) is 7.57. The molecule has 6 heteroatoms. The number of amides is 1. The van der Waals surface area contributed by atoms with Crippen LogP contribution in [0.5, 0.6) is 0 Å². The Balaban J connectivity index is 1.69. The summed E-state index contributed by atoms with van der Waals surface area (Å²) in [7, 11) is 0. The van der Waals surface area contributed by atoms with E-state index in [0.717, 1.165) is 12.8 Å². The molecule has 2 saturated heterocycles. The summed E-state index contributed by atoms with van der Waals surface area (Å²) < 4.78 is 5.51. The van der Waals surface area contributed by atoms with Crippen LogP contribution in [0.4, 0.5) is 0 Å². The average molecular weight is 339 g/mol. The minimum Gasteiger partial charge on any atom is -0.392 e. The number of carbonyl (C=O) groups excluding carboxylic acids is 1. The van der Waals surface area contributed by atoms with Crippen LogP contribution in [0.2, 0.25) is 5.02 Å². The average Bonchev–Trinajstić information content (AvgIpc) is 3.01. The molecule has 2 fully saturated rings. The number of rotatable bonds is 4. The minimum atomic E-state index is -0.431. The Morgan fingerprint density at radius 2 is 2.04 bits per heavy atom. The van der Waals surface area contributed by atoms with Crippen molar-refractivity contribution in [1.82, 2.24) is 10.6 Å². The van der Waals surface area contributed by atoms with Crippen molar-refractivity contribution in [3.05, 3.63) is 34.9 Å². The maximum atomic E-state index is 12.3. The summed E-state index contributed by atoms with van der Waals surface area (Å²) in [6.45, 7) is 2.44. The van der Waals surface area contributed by atoms with Gasteiger partial charge < -0.3 is 20.5 Å². The third-order valence-corrected chi connectivity index (χ3v) is 5.18. The Labute approximate surface area is 141 Å². The largest absolute Gasteiger partial charge is 0.392 e. The van der Waals surface area contributed by atoms with Crippen LogP contribution in [0.1, 0.15) is 24.8 Å². The highest BCUT2D eigenvalue weighted by molar-refractivity contribution is 6.30. The van der Waals surface area contributed by atoms with E-state index < -0.39 is 6.10 Å². The van der Waals surface area contributed by atoms with Crippen molar-refractivity contribution in [3.63, 3.8) is 0 Å². The minimum absolute atomic E-state index is 0.0404. The fourth-order valence-corrected chi connectivity index (χ4v) is 3.56. The molecule has 126 valence electrons. The Morgan fingerprint density at radius 3 is 2.65 bits per heavy atom. The third kappa shape index (κ3) is 3.86. The van der Waals surface area contributed by atoms with Gasteiger partial charge in [-0.05, 0) is 37.0 Å². The van der Waals surface area contributed by atoms with Crippen LogP contribution in [0, 0.1) is 0 Å². The highest BCUT2D eigenvalue weighted by atomic mass is 35.5. The molecule has 2 heterocycles. The molecule has 3 N–H and O–H groups in total. The molecule has 23 heavy (non-hydrogen) atoms. The lowest BCUT2D eigenvalue weighted by Gasteiger charge is -2.38. The van der Waals surface area contributed by atoms with E-state index in [9.17, 15) is 9.90 Å². The van der Waals surface area contributed by atoms with Crippen molar-refractivity contribution in [2.45, 2.75) is 36.8 Å². The van der Waals surface area contributed by atoms with Gasteiger partial charge in [-0.3, -0.25) is 4.79 Å². The van der Waals surface area contributed by atoms with E-state index in [1.165, 1.54) is 5.56 Å². The zero-order valence-corrected chi connectivity index (χ0v) is 13.8. The maximum Gasteiger partial charge on any atom is 0.237 e. The summed E-state index contributed by atoms with van der Waals surface area (Å²) in [5, 5.41) is 16.4. The summed E-state index contributed by atoms with van der Waals surface area (Å²) in [4.78, 5) is 12.3. The Morgan fingerprint density at radius 1 is 1.35 bits per heavy atom. The van der Waals surface area contributed by atoms with Gasteiger partial charge in [0.15, 0.2) is 0 Å². The van der Waals surface area contributed by atoms with E-state index in [1.54, 1.807) is 0 Å². The molecule has 2 aliphatic heterocycles. The van der Waals surface area contributed by atoms with Crippen LogP contribution in [0.3, 0.4) is 0 Å². The molecular weight excluding hydrogens is 316 g/mol. The maximum absolute atomic E-state index is 12.3. The number of benzene rings is 1. The van der Waals surface area contributed by atoms with E-state index >= 15 is 0 Å². The van der Waals surface area contributed by atoms with Crippen molar-refractivity contribution in [3.8, 4) is 0 Å². The Bertz CT molecular complexity index is 543. The van der Waals surface area contributed by atoms with Gasteiger partial charge in [-0.15, -0.1) is 0 Å². The monoisotopic (exact) mass is 338 g/mol. The molecule has 2 atom stereocenters. The second-order valence-corrected chi connectivity index (χ2v) is 6.90. The molecule has 2 aliphatic rings. The summed E-state index contributed by atoms with van der Waals surface area (Å²) in [5.74, 6) is -0.0404. The molecule has 0 aromatic heterocycles. The molecular formula is C17H23ClN2O3. The van der Waals surface area contributed by atoms with Gasteiger partial charge in [-0.25, -0.2) is 0 Å². The van der Waals surface area contributed by atoms with Crippen LogP contribution in [-0.4, -0.2) is 49.5 Å². The lowest BCUT2D eigenvalue weighted by Crippen LogP contribution is -2.48. The van der Waals surface area contributed by atoms with Crippen molar-refractivity contribution in [2.75, 3.05) is 26.3 Å². The third-order valence-electron chi connectivity index (χ3n) is 4.93. The predicted molar refractivity (Wildman–Crippen MR) is 88.6 cm³/mol. The molecule has 0 spiro atoms. The van der Waals surface area contributed by atoms with Crippen molar-refractivity contribution in [2.24, 2.45) is 0 Å². The van der Waals surface area contributed by atoms with Crippen molar-refractivity contribution < 1.29 is 14.6 Å². The molecule has 1 amide bonds. The van der Waals surface area contributed by atoms with Gasteiger partial charge in [0.2, 0.25) is 5.91 Å². The lowest BCUT2D eigenvalue weighted by molar-refractivity contribution is -0.123. The highest BCUT2D eigenvalue weighted by Gasteiger charge is 2.36. The van der Waals surface area contributed by atoms with Gasteiger partial charge in [-0.1, -0.05) is 23.7 Å². The van der Waals surface area contributed by atoms with Crippen LogP contribution in [0.15, 0.2) is 24.3 Å². The van der Waals surface area contributed by atoms with Crippen LogP contribution in [-0.2, 0) is 14.9 Å². The number of β-amino-alcohol motifs (C(OH)–C–C–N with tert-alkyl or cyclic N) is 1. The zero-order chi connectivity index (χ0) is 16.3. The first-order valence-corrected chi connectivity index (χ1v) is 8.50. The topological polar surface area (TPSA) is 70.6 Å². The first kappa shape index (κ1) is 16.7. The Kier molecular flexibility index (Phi) is 5.21. The second-order valence-electron chi connectivity index (χ2n) is 6.47. The van der Waals surface area contributed by atoms with Gasteiger partial charge >= 0.3 is 0 Å². The summed E-state index contributed by atoms with van der Waals surface area (Å²) >= 11 is 6.00. The first-order chi connectivity index (χ1) is 11.1. The molecule has 1 aromatic rings. The molecule has 0 saturated carbocycles. The SMILES string of the molecule is O=C(NCC1(c2ccc(Cl)cc2)CCOCC1)C1CC(O)CN1. The van der Waals surface area contributed by atoms with E-state index in [-0.39, 0.29) is 17.4 Å². The predicted octanol–water partition coefficient (Wildman–Crippen LogP) is 1.23. The molecule has 2 unspecified atom stereocenters. The molecule has 3 rings (SSSR count). The van der Waals surface area contributed by atoms with Crippen LogP contribution in [0.25, 0.3) is 0 Å². The second kappa shape index (κ2) is 7.18. The fraction of sp³-hybridized carbons (Fsp3) is 0.588. The number of hydrogen-bond donors (Lipinski definition) is 3. The number of carbonyl (C=O) groups is 1. The van der Waals surface area contributed by atoms with Gasteiger partial charge in [0.05, 0.1) is 12.1 Å². The van der Waals surface area contributed by atoms with E-state index in [1.807, 2.05) is 24.3 Å².